The lowest BCUT2D eigenvalue weighted by atomic mass is 9.51. The van der Waals surface area contributed by atoms with Crippen molar-refractivity contribution in [3.63, 3.8) is 0 Å². The van der Waals surface area contributed by atoms with Gasteiger partial charge in [0.05, 0.1) is 11.2 Å². The van der Waals surface area contributed by atoms with Crippen LogP contribution in [0.5, 0.6) is 17.2 Å². The Balaban J connectivity index is 1.39. The van der Waals surface area contributed by atoms with Crippen LogP contribution in [0.3, 0.4) is 0 Å². The summed E-state index contributed by atoms with van der Waals surface area (Å²) in [6.07, 6.45) is 14.1. The van der Waals surface area contributed by atoms with E-state index in [2.05, 4.69) is 31.3 Å². The van der Waals surface area contributed by atoms with Gasteiger partial charge in [-0.05, 0) is 93.2 Å². The summed E-state index contributed by atoms with van der Waals surface area (Å²) in [5.74, 6) is -0.912. The van der Waals surface area contributed by atoms with E-state index in [1.165, 1.54) is 5.57 Å². The van der Waals surface area contributed by atoms with E-state index in [9.17, 15) is 19.5 Å². The number of aromatic hydroxyl groups is 1. The van der Waals surface area contributed by atoms with Crippen LogP contribution in [0.2, 0.25) is 0 Å². The monoisotopic (exact) mass is 696 g/mol. The second kappa shape index (κ2) is 12.3. The number of carbonyl (C=O) groups excluding carboxylic acids is 3. The Morgan fingerprint density at radius 2 is 1.71 bits per heavy atom. The Labute approximate surface area is 301 Å². The lowest BCUT2D eigenvalue weighted by Gasteiger charge is -2.56. The molecule has 0 aromatic heterocycles. The van der Waals surface area contributed by atoms with Crippen LogP contribution in [0.1, 0.15) is 103 Å². The van der Waals surface area contributed by atoms with E-state index in [1.54, 1.807) is 19.1 Å². The van der Waals surface area contributed by atoms with Gasteiger partial charge in [-0.1, -0.05) is 35.5 Å². The van der Waals surface area contributed by atoms with E-state index >= 15 is 0 Å². The lowest BCUT2D eigenvalue weighted by molar-refractivity contribution is -0.171. The first-order valence-electron chi connectivity index (χ1n) is 18.5. The fraction of sp³-hybridized carbons (Fsp3) is 0.548. The Morgan fingerprint density at radius 1 is 1.00 bits per heavy atom. The number of Topliss-reactive ketones (excluding diaryl/α,β-unsaturated/α-hetero) is 2. The minimum atomic E-state index is -1.55. The number of benzene rings is 1. The fourth-order valence-electron chi connectivity index (χ4n) is 9.29. The first-order valence-corrected chi connectivity index (χ1v) is 18.5. The molecule has 2 saturated heterocycles. The van der Waals surface area contributed by atoms with E-state index in [4.69, 9.17) is 14.2 Å². The van der Waals surface area contributed by atoms with Crippen molar-refractivity contribution >= 4 is 23.5 Å². The number of phenolic OH excluding ortho intramolecular Hbond substituents is 1. The zero-order chi connectivity index (χ0) is 36.7. The van der Waals surface area contributed by atoms with E-state index in [-0.39, 0.29) is 46.9 Å². The molecule has 2 N–H and O–H groups in total. The minimum Gasteiger partial charge on any atom is -0.506 e. The van der Waals surface area contributed by atoms with Crippen molar-refractivity contribution in [2.75, 3.05) is 26.2 Å². The van der Waals surface area contributed by atoms with Gasteiger partial charge in [-0.15, -0.1) is 0 Å². The summed E-state index contributed by atoms with van der Waals surface area (Å²) >= 11 is 0. The van der Waals surface area contributed by atoms with Crippen molar-refractivity contribution in [3.8, 4) is 17.2 Å². The Morgan fingerprint density at radius 3 is 2.39 bits per heavy atom. The number of ketones is 2. The molecule has 4 bridgehead atoms. The molecular weight excluding hydrogens is 644 g/mol. The molecule has 1 aromatic carbocycles. The lowest BCUT2D eigenvalue weighted by Crippen LogP contribution is -2.72. The highest BCUT2D eigenvalue weighted by atomic mass is 16.6. The molecule has 1 unspecified atom stereocenters. The average molecular weight is 697 g/mol. The van der Waals surface area contributed by atoms with Gasteiger partial charge in [-0.3, -0.25) is 14.4 Å². The molecule has 1 amide bonds. The predicted octanol–water partition coefficient (Wildman–Crippen LogP) is 6.59. The van der Waals surface area contributed by atoms with Crippen LogP contribution in [0.4, 0.5) is 0 Å². The molecule has 7 aliphatic rings. The van der Waals surface area contributed by atoms with E-state index in [0.29, 0.717) is 60.4 Å². The second-order valence-electron chi connectivity index (χ2n) is 16.5. The van der Waals surface area contributed by atoms with Gasteiger partial charge in [-0.25, -0.2) is 0 Å². The van der Waals surface area contributed by atoms with Crippen LogP contribution in [-0.2, 0) is 20.7 Å². The molecular formula is C42H52N2O7. The first kappa shape index (κ1) is 35.5. The van der Waals surface area contributed by atoms with Gasteiger partial charge in [0, 0.05) is 61.1 Å². The molecule has 1 saturated carbocycles. The number of nitrogens with zero attached hydrogens (tertiary/aromatic N) is 1. The highest BCUT2D eigenvalue weighted by Gasteiger charge is 2.81. The number of hydrogen-bond donors (Lipinski definition) is 2. The van der Waals surface area contributed by atoms with Gasteiger partial charge in [0.2, 0.25) is 5.91 Å². The number of allylic oxidation sites excluding steroid dienone is 5. The maximum atomic E-state index is 15.0. The van der Waals surface area contributed by atoms with Gasteiger partial charge in [0.25, 0.3) is 0 Å². The summed E-state index contributed by atoms with van der Waals surface area (Å²) in [6, 6.07) is 0. The van der Waals surface area contributed by atoms with E-state index in [0.717, 1.165) is 25.1 Å². The van der Waals surface area contributed by atoms with Crippen molar-refractivity contribution in [3.05, 3.63) is 69.4 Å². The third-order valence-corrected chi connectivity index (χ3v) is 11.9. The van der Waals surface area contributed by atoms with Crippen molar-refractivity contribution in [1.82, 2.24) is 10.2 Å². The molecule has 51 heavy (non-hydrogen) atoms. The SMILES string of the molecule is CC(C)=CCC[C@]1(C)C=Cc2c(O)c3c(c(CC=C(C)C)c2O1)O[C@]12C(=C[C@@H]4C[C@H]1C(C)(C)OC2(C/C=C(/C)C(=O)N1CCNCC1)C4=O)C3=O. The number of ether oxygens (including phenoxy) is 3. The van der Waals surface area contributed by atoms with Crippen molar-refractivity contribution in [2.45, 2.75) is 110 Å². The second-order valence-corrected chi connectivity index (χ2v) is 16.5. The van der Waals surface area contributed by atoms with E-state index in [1.807, 2.05) is 51.7 Å². The summed E-state index contributed by atoms with van der Waals surface area (Å²) in [5, 5.41) is 15.2. The molecule has 1 aromatic rings. The quantitative estimate of drug-likeness (QED) is 0.231. The normalized spacial score (nSPS) is 31.2. The minimum absolute atomic E-state index is 0.0761. The number of carbonyl (C=O) groups is 3. The largest absolute Gasteiger partial charge is 0.506 e. The average Bonchev–Trinajstić information content (AvgIpc) is 3.23. The van der Waals surface area contributed by atoms with Crippen LogP contribution in [-0.4, -0.2) is 76.1 Å². The van der Waals surface area contributed by atoms with E-state index < -0.39 is 28.3 Å². The molecule has 3 aliphatic carbocycles. The number of fused-ring (bicyclic) bond motifs is 2. The maximum Gasteiger partial charge on any atom is 0.249 e. The summed E-state index contributed by atoms with van der Waals surface area (Å²) in [5.41, 5.74) is -0.101. The molecule has 272 valence electrons. The highest BCUT2D eigenvalue weighted by Crippen LogP contribution is 2.68. The molecule has 9 heteroatoms. The predicted molar refractivity (Wildman–Crippen MR) is 196 cm³/mol. The molecule has 8 rings (SSSR count). The standard InChI is InChI=1S/C42H52N2O7/c1-24(2)10-9-15-40(8)16-14-28-33(45)32-34(46)30-22-27-23-31-39(6,7)51-41(37(27)47,17-13-26(5)38(48)44-20-18-43-19-21-44)42(30,31)50-36(32)29(35(28)49-40)12-11-25(3)4/h10-11,13-14,16,22,27,31,43,45H,9,12,15,17-21,23H2,1-8H3/b26-13-/t27-,31+,40-,41?,42-/m1/s1. The highest BCUT2D eigenvalue weighted by molar-refractivity contribution is 6.19. The number of rotatable bonds is 8. The number of piperazine rings is 1. The number of phenols is 1. The van der Waals surface area contributed by atoms with Gasteiger partial charge in [0.1, 0.15) is 28.4 Å². The zero-order valence-electron chi connectivity index (χ0n) is 31.3. The maximum absolute atomic E-state index is 15.0. The van der Waals surface area contributed by atoms with Crippen molar-refractivity contribution in [1.29, 1.82) is 0 Å². The summed E-state index contributed by atoms with van der Waals surface area (Å²) in [6.45, 7) is 18.6. The van der Waals surface area contributed by atoms with Crippen LogP contribution >= 0.6 is 0 Å². The van der Waals surface area contributed by atoms with Crippen molar-refractivity contribution < 1.29 is 33.7 Å². The smallest absolute Gasteiger partial charge is 0.249 e. The van der Waals surface area contributed by atoms with Gasteiger partial charge >= 0.3 is 0 Å². The Hall–Kier alpha value is -3.95. The van der Waals surface area contributed by atoms with Gasteiger partial charge < -0.3 is 29.5 Å². The van der Waals surface area contributed by atoms with Gasteiger partial charge in [-0.2, -0.15) is 0 Å². The zero-order valence-corrected chi connectivity index (χ0v) is 31.3. The molecule has 3 fully saturated rings. The van der Waals surface area contributed by atoms with Crippen LogP contribution < -0.4 is 14.8 Å². The van der Waals surface area contributed by atoms with Gasteiger partial charge in [0.15, 0.2) is 22.8 Å². The molecule has 9 nitrogen and oxygen atoms in total. The number of hydrogen-bond acceptors (Lipinski definition) is 8. The molecule has 4 heterocycles. The topological polar surface area (TPSA) is 114 Å². The Bertz CT molecular complexity index is 1870. The van der Waals surface area contributed by atoms with Crippen LogP contribution in [0.15, 0.2) is 52.7 Å². The third kappa shape index (κ3) is 5.37. The molecule has 1 spiro atoms. The molecule has 4 aliphatic heterocycles. The first-order chi connectivity index (χ1) is 24.0. The number of amides is 1. The number of nitrogens with one attached hydrogen (secondary N) is 1. The molecule has 0 radical (unpaired) electrons. The Kier molecular flexibility index (Phi) is 8.57. The van der Waals surface area contributed by atoms with Crippen molar-refractivity contribution in [2.24, 2.45) is 11.8 Å². The summed E-state index contributed by atoms with van der Waals surface area (Å²) in [7, 11) is 0. The van der Waals surface area contributed by atoms with Crippen LogP contribution in [0.25, 0.3) is 6.08 Å². The molecule has 5 atom stereocenters. The van der Waals surface area contributed by atoms with Crippen LogP contribution in [0, 0.1) is 11.8 Å². The summed E-state index contributed by atoms with van der Waals surface area (Å²) < 4.78 is 21.0. The fourth-order valence-corrected chi connectivity index (χ4v) is 9.29. The summed E-state index contributed by atoms with van der Waals surface area (Å²) in [4.78, 5) is 44.9. The third-order valence-electron chi connectivity index (χ3n) is 11.9.